The van der Waals surface area contributed by atoms with Gasteiger partial charge >= 0.3 is 0 Å². The molecule has 12 heavy (non-hydrogen) atoms. The van der Waals surface area contributed by atoms with Gasteiger partial charge in [0.2, 0.25) is 0 Å². The van der Waals surface area contributed by atoms with Gasteiger partial charge in [-0.1, -0.05) is 13.8 Å². The summed E-state index contributed by atoms with van der Waals surface area (Å²) < 4.78 is 0. The van der Waals surface area contributed by atoms with Gasteiger partial charge in [-0.25, -0.2) is 0 Å². The molecule has 3 atom stereocenters. The molecule has 0 heterocycles. The predicted octanol–water partition coefficient (Wildman–Crippen LogP) is 2.65. The van der Waals surface area contributed by atoms with E-state index in [0.29, 0.717) is 23.5 Å². The highest BCUT2D eigenvalue weighted by Crippen LogP contribution is 2.45. The fourth-order valence-corrected chi connectivity index (χ4v) is 3.05. The van der Waals surface area contributed by atoms with E-state index in [-0.39, 0.29) is 0 Å². The summed E-state index contributed by atoms with van der Waals surface area (Å²) in [5.74, 6) is 3.17. The molecule has 1 nitrogen and oxygen atoms in total. The van der Waals surface area contributed by atoms with Crippen molar-refractivity contribution in [3.8, 4) is 0 Å². The molecule has 0 amide bonds. The summed E-state index contributed by atoms with van der Waals surface area (Å²) in [5, 5.41) is 0. The Hall–Kier alpha value is -0.330. The Morgan fingerprint density at radius 2 is 2.08 bits per heavy atom. The third-order valence-corrected chi connectivity index (χ3v) is 3.77. The molecule has 0 spiro atoms. The molecule has 0 saturated heterocycles. The van der Waals surface area contributed by atoms with Crippen LogP contribution in [0.25, 0.3) is 0 Å². The SMILES string of the molecule is CC(C)C1CC2CCC1C(=O)C2. The average Bonchev–Trinajstić information content (AvgIpc) is 2.04. The van der Waals surface area contributed by atoms with E-state index in [4.69, 9.17) is 0 Å². The molecule has 68 valence electrons. The minimum atomic E-state index is 0.440. The number of hydrogen-bond donors (Lipinski definition) is 0. The second-order valence-electron chi connectivity index (χ2n) is 4.86. The molecule has 3 aliphatic carbocycles. The molecule has 1 heteroatoms. The molecule has 3 saturated carbocycles. The zero-order valence-corrected chi connectivity index (χ0v) is 8.05. The molecule has 3 rings (SSSR count). The Labute approximate surface area is 74.5 Å². The molecule has 0 radical (unpaired) electrons. The van der Waals surface area contributed by atoms with Crippen LogP contribution < -0.4 is 0 Å². The van der Waals surface area contributed by atoms with Gasteiger partial charge in [-0.05, 0) is 37.0 Å². The molecule has 3 unspecified atom stereocenters. The van der Waals surface area contributed by atoms with E-state index in [2.05, 4.69) is 13.8 Å². The highest BCUT2D eigenvalue weighted by molar-refractivity contribution is 5.83. The van der Waals surface area contributed by atoms with E-state index in [0.717, 1.165) is 12.3 Å². The Balaban J connectivity index is 2.14. The van der Waals surface area contributed by atoms with Crippen LogP contribution in [0, 0.1) is 23.7 Å². The number of ketones is 1. The van der Waals surface area contributed by atoms with Gasteiger partial charge in [0.25, 0.3) is 0 Å². The van der Waals surface area contributed by atoms with E-state index < -0.39 is 0 Å². The van der Waals surface area contributed by atoms with Crippen molar-refractivity contribution >= 4 is 5.78 Å². The van der Waals surface area contributed by atoms with E-state index in [1.54, 1.807) is 0 Å². The lowest BCUT2D eigenvalue weighted by Crippen LogP contribution is -2.40. The van der Waals surface area contributed by atoms with Crippen molar-refractivity contribution in [1.82, 2.24) is 0 Å². The van der Waals surface area contributed by atoms with E-state index in [9.17, 15) is 4.79 Å². The van der Waals surface area contributed by atoms with Gasteiger partial charge in [-0.15, -0.1) is 0 Å². The third-order valence-electron chi connectivity index (χ3n) is 3.77. The molecular weight excluding hydrogens is 148 g/mol. The summed E-state index contributed by atoms with van der Waals surface area (Å²) in [6, 6.07) is 0. The molecule has 0 N–H and O–H groups in total. The van der Waals surface area contributed by atoms with Gasteiger partial charge < -0.3 is 0 Å². The van der Waals surface area contributed by atoms with Crippen LogP contribution in [0.3, 0.4) is 0 Å². The van der Waals surface area contributed by atoms with Gasteiger partial charge in [0.1, 0.15) is 5.78 Å². The van der Waals surface area contributed by atoms with E-state index in [1.807, 2.05) is 0 Å². The topological polar surface area (TPSA) is 17.1 Å². The molecule has 0 aromatic carbocycles. The number of rotatable bonds is 1. The Morgan fingerprint density at radius 3 is 2.50 bits per heavy atom. The van der Waals surface area contributed by atoms with Crippen molar-refractivity contribution in [1.29, 1.82) is 0 Å². The first-order chi connectivity index (χ1) is 5.68. The Bertz CT molecular complexity index is 195. The summed E-state index contributed by atoms with van der Waals surface area (Å²) >= 11 is 0. The van der Waals surface area contributed by atoms with Gasteiger partial charge in [0.05, 0.1) is 0 Å². The van der Waals surface area contributed by atoms with Crippen LogP contribution in [-0.4, -0.2) is 5.78 Å². The largest absolute Gasteiger partial charge is 0.299 e. The summed E-state index contributed by atoms with van der Waals surface area (Å²) in [6.07, 6.45) is 4.73. The first-order valence-electron chi connectivity index (χ1n) is 5.21. The van der Waals surface area contributed by atoms with Crippen LogP contribution in [0.1, 0.15) is 39.5 Å². The molecule has 0 aromatic rings. The summed E-state index contributed by atoms with van der Waals surface area (Å²) in [7, 11) is 0. The number of fused-ring (bicyclic) bond motifs is 3. The van der Waals surface area contributed by atoms with Gasteiger partial charge in [-0.3, -0.25) is 4.79 Å². The van der Waals surface area contributed by atoms with Gasteiger partial charge in [0.15, 0.2) is 0 Å². The lowest BCUT2D eigenvalue weighted by Gasteiger charge is -2.43. The first-order valence-corrected chi connectivity index (χ1v) is 5.21. The monoisotopic (exact) mass is 166 g/mol. The molecule has 3 fully saturated rings. The van der Waals surface area contributed by atoms with Crippen LogP contribution >= 0.6 is 0 Å². The number of carbonyl (C=O) groups is 1. The van der Waals surface area contributed by atoms with Crippen LogP contribution in [0.5, 0.6) is 0 Å². The zero-order chi connectivity index (χ0) is 8.72. The molecular formula is C11H18O. The van der Waals surface area contributed by atoms with Crippen LogP contribution in [-0.2, 0) is 4.79 Å². The summed E-state index contributed by atoms with van der Waals surface area (Å²) in [5.41, 5.74) is 0. The van der Waals surface area contributed by atoms with Crippen LogP contribution in [0.2, 0.25) is 0 Å². The minimum Gasteiger partial charge on any atom is -0.299 e. The van der Waals surface area contributed by atoms with E-state index >= 15 is 0 Å². The predicted molar refractivity (Wildman–Crippen MR) is 48.8 cm³/mol. The maximum absolute atomic E-state index is 11.6. The second kappa shape index (κ2) is 2.86. The van der Waals surface area contributed by atoms with Crippen molar-refractivity contribution in [2.75, 3.05) is 0 Å². The normalized spacial score (nSPS) is 40.9. The lowest BCUT2D eigenvalue weighted by atomic mass is 9.61. The second-order valence-corrected chi connectivity index (χ2v) is 4.86. The Morgan fingerprint density at radius 1 is 1.33 bits per heavy atom. The highest BCUT2D eigenvalue weighted by Gasteiger charge is 2.41. The summed E-state index contributed by atoms with van der Waals surface area (Å²) in [6.45, 7) is 4.53. The Kier molecular flexibility index (Phi) is 1.97. The van der Waals surface area contributed by atoms with Crippen molar-refractivity contribution in [3.63, 3.8) is 0 Å². The lowest BCUT2D eigenvalue weighted by molar-refractivity contribution is -0.133. The molecule has 2 bridgehead atoms. The molecule has 0 aliphatic heterocycles. The number of carbonyl (C=O) groups excluding carboxylic acids is 1. The van der Waals surface area contributed by atoms with Crippen molar-refractivity contribution in [3.05, 3.63) is 0 Å². The van der Waals surface area contributed by atoms with Crippen molar-refractivity contribution < 1.29 is 4.79 Å². The van der Waals surface area contributed by atoms with Crippen LogP contribution in [0.4, 0.5) is 0 Å². The number of Topliss-reactive ketones (excluding diaryl/α,β-unsaturated/α-hetero) is 1. The van der Waals surface area contributed by atoms with Crippen LogP contribution in [0.15, 0.2) is 0 Å². The average molecular weight is 166 g/mol. The quantitative estimate of drug-likeness (QED) is 0.585. The van der Waals surface area contributed by atoms with Crippen molar-refractivity contribution in [2.24, 2.45) is 23.7 Å². The smallest absolute Gasteiger partial charge is 0.136 e. The standard InChI is InChI=1S/C11H18O/c1-7(2)10-5-8-3-4-9(10)11(12)6-8/h7-10H,3-6H2,1-2H3. The first kappa shape index (κ1) is 8.28. The fourth-order valence-electron chi connectivity index (χ4n) is 3.05. The fraction of sp³-hybridized carbons (Fsp3) is 0.909. The maximum Gasteiger partial charge on any atom is 0.136 e. The molecule has 3 aliphatic rings. The summed E-state index contributed by atoms with van der Waals surface area (Å²) in [4.78, 5) is 11.6. The highest BCUT2D eigenvalue weighted by atomic mass is 16.1. The third kappa shape index (κ3) is 1.19. The zero-order valence-electron chi connectivity index (χ0n) is 8.05. The maximum atomic E-state index is 11.6. The van der Waals surface area contributed by atoms with Gasteiger partial charge in [0, 0.05) is 12.3 Å². The van der Waals surface area contributed by atoms with Gasteiger partial charge in [-0.2, -0.15) is 0 Å². The number of hydrogen-bond acceptors (Lipinski definition) is 1. The van der Waals surface area contributed by atoms with E-state index in [1.165, 1.54) is 19.3 Å². The van der Waals surface area contributed by atoms with Crippen molar-refractivity contribution in [2.45, 2.75) is 39.5 Å². The molecule has 0 aromatic heterocycles. The minimum absolute atomic E-state index is 0.440.